The summed E-state index contributed by atoms with van der Waals surface area (Å²) >= 11 is 0. The molecular formula is C15H21N3O2. The molecule has 0 unspecified atom stereocenters. The molecule has 108 valence electrons. The number of hydrogen-bond donors (Lipinski definition) is 1. The first-order valence-electron chi connectivity index (χ1n) is 6.74. The van der Waals surface area contributed by atoms with E-state index in [0.29, 0.717) is 0 Å². The van der Waals surface area contributed by atoms with Crippen LogP contribution in [0.2, 0.25) is 0 Å². The van der Waals surface area contributed by atoms with Crippen LogP contribution in [0.3, 0.4) is 0 Å². The lowest BCUT2D eigenvalue weighted by molar-refractivity contribution is -0.121. The van der Waals surface area contributed by atoms with Gasteiger partial charge in [-0.25, -0.2) is 5.01 Å². The molecule has 1 aliphatic rings. The fraction of sp³-hybridized carbons (Fsp3) is 0.400. The van der Waals surface area contributed by atoms with Gasteiger partial charge < -0.3 is 9.64 Å². The van der Waals surface area contributed by atoms with Gasteiger partial charge in [0.05, 0.1) is 7.11 Å². The van der Waals surface area contributed by atoms with Crippen LogP contribution < -0.4 is 10.2 Å². The maximum Gasteiger partial charge on any atom is 0.258 e. The number of methoxy groups -OCH3 is 1. The molecule has 1 N–H and O–H groups in total. The predicted octanol–water partition coefficient (Wildman–Crippen LogP) is 0.987. The number of carbonyl (C=O) groups is 1. The van der Waals surface area contributed by atoms with Crippen LogP contribution in [0.25, 0.3) is 6.08 Å². The second-order valence-corrected chi connectivity index (χ2v) is 4.84. The van der Waals surface area contributed by atoms with E-state index in [1.807, 2.05) is 29.3 Å². The van der Waals surface area contributed by atoms with E-state index < -0.39 is 0 Å². The number of hydrazine groups is 1. The highest BCUT2D eigenvalue weighted by Gasteiger charge is 2.14. The summed E-state index contributed by atoms with van der Waals surface area (Å²) in [5.74, 6) is 0.650. The summed E-state index contributed by atoms with van der Waals surface area (Å²) in [6, 6.07) is 7.61. The third kappa shape index (κ3) is 4.08. The van der Waals surface area contributed by atoms with Crippen molar-refractivity contribution >= 4 is 12.0 Å². The van der Waals surface area contributed by atoms with E-state index in [4.69, 9.17) is 4.74 Å². The summed E-state index contributed by atoms with van der Waals surface area (Å²) in [5, 5.41) is 1.95. The summed E-state index contributed by atoms with van der Waals surface area (Å²) in [7, 11) is 3.71. The molecule has 5 nitrogen and oxygen atoms in total. The van der Waals surface area contributed by atoms with Gasteiger partial charge in [-0.3, -0.25) is 10.2 Å². The van der Waals surface area contributed by atoms with Gasteiger partial charge in [-0.2, -0.15) is 0 Å². The number of rotatable bonds is 4. The molecule has 0 aliphatic carbocycles. The zero-order valence-electron chi connectivity index (χ0n) is 12.0. The number of piperazine rings is 1. The van der Waals surface area contributed by atoms with Crippen molar-refractivity contribution in [3.63, 3.8) is 0 Å². The molecule has 2 rings (SSSR count). The van der Waals surface area contributed by atoms with Crippen LogP contribution >= 0.6 is 0 Å². The average Bonchev–Trinajstić information content (AvgIpc) is 2.48. The largest absolute Gasteiger partial charge is 0.496 e. The summed E-state index contributed by atoms with van der Waals surface area (Å²) < 4.78 is 5.24. The van der Waals surface area contributed by atoms with Gasteiger partial charge in [0.1, 0.15) is 5.75 Å². The fourth-order valence-corrected chi connectivity index (χ4v) is 2.08. The van der Waals surface area contributed by atoms with Gasteiger partial charge in [-0.05, 0) is 19.2 Å². The monoisotopic (exact) mass is 275 g/mol. The lowest BCUT2D eigenvalue weighted by atomic mass is 10.2. The maximum absolute atomic E-state index is 11.9. The molecule has 1 fully saturated rings. The maximum atomic E-state index is 11.9. The van der Waals surface area contributed by atoms with E-state index in [-0.39, 0.29) is 5.91 Å². The Morgan fingerprint density at radius 1 is 1.25 bits per heavy atom. The number of ether oxygens (including phenoxy) is 1. The van der Waals surface area contributed by atoms with E-state index in [1.54, 1.807) is 13.2 Å². The van der Waals surface area contributed by atoms with E-state index in [2.05, 4.69) is 17.4 Å². The topological polar surface area (TPSA) is 44.8 Å². The predicted molar refractivity (Wildman–Crippen MR) is 79.2 cm³/mol. The van der Waals surface area contributed by atoms with Crippen LogP contribution in [-0.2, 0) is 4.79 Å². The highest BCUT2D eigenvalue weighted by molar-refractivity contribution is 5.91. The Kier molecular flexibility index (Phi) is 5.15. The smallest absolute Gasteiger partial charge is 0.258 e. The number of amides is 1. The minimum absolute atomic E-state index is 0.111. The highest BCUT2D eigenvalue weighted by Crippen LogP contribution is 2.18. The Hall–Kier alpha value is -1.85. The molecule has 20 heavy (non-hydrogen) atoms. The lowest BCUT2D eigenvalue weighted by Gasteiger charge is -2.31. The molecule has 1 heterocycles. The molecule has 1 saturated heterocycles. The summed E-state index contributed by atoms with van der Waals surface area (Å²) in [5.41, 5.74) is 3.78. The van der Waals surface area contributed by atoms with Crippen molar-refractivity contribution in [2.45, 2.75) is 0 Å². The van der Waals surface area contributed by atoms with Crippen LogP contribution in [0.15, 0.2) is 30.3 Å². The van der Waals surface area contributed by atoms with Gasteiger partial charge in [0.2, 0.25) is 0 Å². The molecule has 0 saturated carbocycles. The second kappa shape index (κ2) is 7.07. The van der Waals surface area contributed by atoms with Crippen molar-refractivity contribution in [2.75, 3.05) is 40.3 Å². The van der Waals surface area contributed by atoms with Gasteiger partial charge in [-0.15, -0.1) is 0 Å². The van der Waals surface area contributed by atoms with Gasteiger partial charge >= 0.3 is 0 Å². The van der Waals surface area contributed by atoms with Crippen LogP contribution in [0, 0.1) is 0 Å². The second-order valence-electron chi connectivity index (χ2n) is 4.84. The Morgan fingerprint density at radius 2 is 1.95 bits per heavy atom. The Labute approximate surface area is 119 Å². The molecule has 0 aromatic heterocycles. The SMILES string of the molecule is COc1ccccc1/C=C/C(=O)NN1CCN(C)CC1. The van der Waals surface area contributed by atoms with Gasteiger partial charge in [0.25, 0.3) is 5.91 Å². The number of nitrogens with one attached hydrogen (secondary N) is 1. The average molecular weight is 275 g/mol. The standard InChI is InChI=1S/C15H21N3O2/c1-17-9-11-18(12-10-17)16-15(19)8-7-13-5-3-4-6-14(13)20-2/h3-8H,9-12H2,1-2H3,(H,16,19)/b8-7+. The fourth-order valence-electron chi connectivity index (χ4n) is 2.08. The number of para-hydroxylation sites is 1. The van der Waals surface area contributed by atoms with Crippen molar-refractivity contribution in [1.82, 2.24) is 15.3 Å². The van der Waals surface area contributed by atoms with Crippen LogP contribution in [0.4, 0.5) is 0 Å². The molecule has 0 radical (unpaired) electrons. The van der Waals surface area contributed by atoms with Crippen LogP contribution in [-0.4, -0.2) is 56.2 Å². The zero-order valence-corrected chi connectivity index (χ0v) is 12.0. The molecule has 0 bridgehead atoms. The van der Waals surface area contributed by atoms with Gasteiger partial charge in [0, 0.05) is 37.8 Å². The summed E-state index contributed by atoms with van der Waals surface area (Å²) in [6.07, 6.45) is 3.31. The lowest BCUT2D eigenvalue weighted by Crippen LogP contribution is -2.52. The first-order valence-corrected chi connectivity index (χ1v) is 6.74. The Balaban J connectivity index is 1.89. The molecular weight excluding hydrogens is 254 g/mol. The highest BCUT2D eigenvalue weighted by atomic mass is 16.5. The Morgan fingerprint density at radius 3 is 2.65 bits per heavy atom. The third-order valence-corrected chi connectivity index (χ3v) is 3.32. The van der Waals surface area contributed by atoms with Gasteiger partial charge in [0.15, 0.2) is 0 Å². The van der Waals surface area contributed by atoms with E-state index >= 15 is 0 Å². The third-order valence-electron chi connectivity index (χ3n) is 3.32. The van der Waals surface area contributed by atoms with Crippen LogP contribution in [0.5, 0.6) is 5.75 Å². The first kappa shape index (κ1) is 14.6. The van der Waals surface area contributed by atoms with Crippen molar-refractivity contribution in [2.24, 2.45) is 0 Å². The molecule has 1 aliphatic heterocycles. The first-order chi connectivity index (χ1) is 9.69. The van der Waals surface area contributed by atoms with E-state index in [1.165, 1.54) is 6.08 Å². The number of carbonyl (C=O) groups excluding carboxylic acids is 1. The molecule has 1 aromatic carbocycles. The summed E-state index contributed by atoms with van der Waals surface area (Å²) in [6.45, 7) is 3.64. The quantitative estimate of drug-likeness (QED) is 0.832. The number of nitrogens with zero attached hydrogens (tertiary/aromatic N) is 2. The molecule has 0 atom stereocenters. The number of hydrogen-bond acceptors (Lipinski definition) is 4. The number of benzene rings is 1. The minimum atomic E-state index is -0.111. The Bertz CT molecular complexity index is 480. The molecule has 5 heteroatoms. The van der Waals surface area contributed by atoms with Crippen molar-refractivity contribution < 1.29 is 9.53 Å². The van der Waals surface area contributed by atoms with Crippen molar-refractivity contribution in [1.29, 1.82) is 0 Å². The van der Waals surface area contributed by atoms with Gasteiger partial charge in [-0.1, -0.05) is 18.2 Å². The molecule has 0 spiro atoms. The summed E-state index contributed by atoms with van der Waals surface area (Å²) in [4.78, 5) is 14.1. The molecule has 1 aromatic rings. The van der Waals surface area contributed by atoms with Crippen molar-refractivity contribution in [3.05, 3.63) is 35.9 Å². The van der Waals surface area contributed by atoms with E-state index in [0.717, 1.165) is 37.5 Å². The normalized spacial score (nSPS) is 17.3. The zero-order chi connectivity index (χ0) is 14.4. The van der Waals surface area contributed by atoms with Crippen LogP contribution in [0.1, 0.15) is 5.56 Å². The van der Waals surface area contributed by atoms with E-state index in [9.17, 15) is 4.79 Å². The molecule has 1 amide bonds. The van der Waals surface area contributed by atoms with Crippen molar-refractivity contribution in [3.8, 4) is 5.75 Å². The minimum Gasteiger partial charge on any atom is -0.496 e. The number of likely N-dealkylation sites (N-methyl/N-ethyl adjacent to an activating group) is 1.